The van der Waals surface area contributed by atoms with E-state index in [1.54, 1.807) is 12.4 Å². The fourth-order valence-corrected chi connectivity index (χ4v) is 6.99. The predicted octanol–water partition coefficient (Wildman–Crippen LogP) is 6.90. The van der Waals surface area contributed by atoms with Gasteiger partial charge in [-0.3, -0.25) is 19.6 Å². The highest BCUT2D eigenvalue weighted by Crippen LogP contribution is 2.39. The zero-order chi connectivity index (χ0) is 30.5. The van der Waals surface area contributed by atoms with Gasteiger partial charge in [-0.05, 0) is 85.5 Å². The standard InChI is InChI=1S/2C18H28N2O/c2*1-13(2)16-8-7-14(3)12-17(16)18(21)20-11-9-15-6-4-5-10-19-15/h2*4-6,10,13-14,16-17H,7-9,11-12H2,1-3H3,(H,20,21)/t14-,16+,17-;/m1./s1. The molecule has 2 aromatic rings. The van der Waals surface area contributed by atoms with Crippen molar-refractivity contribution >= 4 is 11.8 Å². The van der Waals surface area contributed by atoms with E-state index in [0.717, 1.165) is 37.1 Å². The molecule has 0 aliphatic heterocycles. The Kier molecular flexibility index (Phi) is 14.0. The Labute approximate surface area is 255 Å². The van der Waals surface area contributed by atoms with Crippen LogP contribution in [0.1, 0.15) is 91.5 Å². The molecule has 6 atom stereocenters. The molecule has 2 aromatic heterocycles. The molecule has 6 nitrogen and oxygen atoms in total. The summed E-state index contributed by atoms with van der Waals surface area (Å²) in [5.74, 6) is 4.47. The number of amides is 2. The second-order valence-corrected chi connectivity index (χ2v) is 13.6. The molecule has 0 spiro atoms. The van der Waals surface area contributed by atoms with Crippen molar-refractivity contribution < 1.29 is 9.59 Å². The third-order valence-corrected chi connectivity index (χ3v) is 9.53. The van der Waals surface area contributed by atoms with Crippen molar-refractivity contribution in [2.75, 3.05) is 13.1 Å². The first-order chi connectivity index (χ1) is 20.2. The van der Waals surface area contributed by atoms with Gasteiger partial charge < -0.3 is 10.6 Å². The second-order valence-electron chi connectivity index (χ2n) is 13.6. The molecule has 2 heterocycles. The molecule has 3 unspecified atom stereocenters. The maximum atomic E-state index is 12.5. The van der Waals surface area contributed by atoms with Crippen LogP contribution in [-0.4, -0.2) is 34.9 Å². The fraction of sp³-hybridized carbons (Fsp3) is 0.667. The Hall–Kier alpha value is -2.76. The summed E-state index contributed by atoms with van der Waals surface area (Å²) >= 11 is 0. The molecule has 232 valence electrons. The second kappa shape index (κ2) is 17.4. The first-order valence-corrected chi connectivity index (χ1v) is 16.5. The van der Waals surface area contributed by atoms with E-state index in [0.29, 0.717) is 48.6 Å². The summed E-state index contributed by atoms with van der Waals surface area (Å²) in [5.41, 5.74) is 2.07. The fourth-order valence-electron chi connectivity index (χ4n) is 6.99. The number of nitrogens with zero attached hydrogens (tertiary/aromatic N) is 2. The number of aromatic nitrogens is 2. The number of carbonyl (C=O) groups is 2. The summed E-state index contributed by atoms with van der Waals surface area (Å²) in [5, 5.41) is 6.25. The van der Waals surface area contributed by atoms with Crippen LogP contribution in [0.4, 0.5) is 0 Å². The highest BCUT2D eigenvalue weighted by molar-refractivity contribution is 5.79. The number of nitrogens with one attached hydrogen (secondary N) is 2. The summed E-state index contributed by atoms with van der Waals surface area (Å²) in [6.07, 6.45) is 12.2. The van der Waals surface area contributed by atoms with Gasteiger partial charge in [0, 0.05) is 61.5 Å². The molecule has 2 aliphatic carbocycles. The van der Waals surface area contributed by atoms with Crippen LogP contribution in [0.15, 0.2) is 48.8 Å². The van der Waals surface area contributed by atoms with Gasteiger partial charge in [-0.25, -0.2) is 0 Å². The quantitative estimate of drug-likeness (QED) is 0.322. The van der Waals surface area contributed by atoms with Crippen molar-refractivity contribution in [3.8, 4) is 0 Å². The van der Waals surface area contributed by atoms with Gasteiger partial charge in [0.2, 0.25) is 11.8 Å². The van der Waals surface area contributed by atoms with Crippen LogP contribution < -0.4 is 10.6 Å². The van der Waals surface area contributed by atoms with E-state index in [4.69, 9.17) is 0 Å². The van der Waals surface area contributed by atoms with Gasteiger partial charge >= 0.3 is 0 Å². The summed E-state index contributed by atoms with van der Waals surface area (Å²) in [7, 11) is 0. The van der Waals surface area contributed by atoms with Crippen LogP contribution in [0.5, 0.6) is 0 Å². The molecule has 0 saturated heterocycles. The van der Waals surface area contributed by atoms with Crippen molar-refractivity contribution in [2.45, 2.75) is 92.9 Å². The van der Waals surface area contributed by atoms with Gasteiger partial charge in [-0.1, -0.05) is 66.5 Å². The van der Waals surface area contributed by atoms with E-state index >= 15 is 0 Å². The lowest BCUT2D eigenvalue weighted by atomic mass is 9.70. The van der Waals surface area contributed by atoms with Crippen LogP contribution >= 0.6 is 0 Å². The molecule has 0 radical (unpaired) electrons. The molecule has 2 fully saturated rings. The first kappa shape index (κ1) is 33.7. The monoisotopic (exact) mass is 576 g/mol. The van der Waals surface area contributed by atoms with Crippen LogP contribution in [0, 0.1) is 47.3 Å². The Morgan fingerprint density at radius 2 is 1.10 bits per heavy atom. The molecular weight excluding hydrogens is 520 g/mol. The molecule has 4 rings (SSSR count). The van der Waals surface area contributed by atoms with Gasteiger partial charge in [-0.2, -0.15) is 0 Å². The zero-order valence-electron chi connectivity index (χ0n) is 27.0. The van der Waals surface area contributed by atoms with Gasteiger partial charge in [0.1, 0.15) is 0 Å². The van der Waals surface area contributed by atoms with E-state index in [-0.39, 0.29) is 23.7 Å². The number of rotatable bonds is 10. The van der Waals surface area contributed by atoms with E-state index in [1.165, 1.54) is 25.7 Å². The molecule has 2 saturated carbocycles. The summed E-state index contributed by atoms with van der Waals surface area (Å²) in [4.78, 5) is 33.6. The van der Waals surface area contributed by atoms with Crippen molar-refractivity contribution in [2.24, 2.45) is 47.3 Å². The largest absolute Gasteiger partial charge is 0.355 e. The molecule has 6 heteroatoms. The number of carbonyl (C=O) groups excluding carboxylic acids is 2. The van der Waals surface area contributed by atoms with Gasteiger partial charge in [-0.15, -0.1) is 0 Å². The highest BCUT2D eigenvalue weighted by Gasteiger charge is 2.36. The predicted molar refractivity (Wildman–Crippen MR) is 172 cm³/mol. The van der Waals surface area contributed by atoms with E-state index < -0.39 is 0 Å². The lowest BCUT2D eigenvalue weighted by molar-refractivity contribution is -0.130. The molecule has 2 N–H and O–H groups in total. The third-order valence-electron chi connectivity index (χ3n) is 9.53. The molecule has 2 amide bonds. The maximum absolute atomic E-state index is 12.5. The zero-order valence-corrected chi connectivity index (χ0v) is 27.0. The van der Waals surface area contributed by atoms with Gasteiger partial charge in [0.25, 0.3) is 0 Å². The summed E-state index contributed by atoms with van der Waals surface area (Å²) < 4.78 is 0. The normalized spacial score (nSPS) is 25.8. The maximum Gasteiger partial charge on any atom is 0.223 e. The van der Waals surface area contributed by atoms with Crippen LogP contribution in [-0.2, 0) is 22.4 Å². The Morgan fingerprint density at radius 1 is 0.690 bits per heavy atom. The number of hydrogen-bond donors (Lipinski definition) is 2. The van der Waals surface area contributed by atoms with Crippen molar-refractivity contribution in [3.05, 3.63) is 60.2 Å². The summed E-state index contributed by atoms with van der Waals surface area (Å²) in [6, 6.07) is 11.8. The number of pyridine rings is 2. The molecule has 0 aromatic carbocycles. The smallest absolute Gasteiger partial charge is 0.223 e. The van der Waals surface area contributed by atoms with Gasteiger partial charge in [0.05, 0.1) is 0 Å². The topological polar surface area (TPSA) is 84.0 Å². The minimum Gasteiger partial charge on any atom is -0.355 e. The number of hydrogen-bond acceptors (Lipinski definition) is 4. The van der Waals surface area contributed by atoms with Gasteiger partial charge in [0.15, 0.2) is 0 Å². The summed E-state index contributed by atoms with van der Waals surface area (Å²) in [6.45, 7) is 14.9. The van der Waals surface area contributed by atoms with Crippen LogP contribution in [0.2, 0.25) is 0 Å². The highest BCUT2D eigenvalue weighted by atomic mass is 16.2. The molecule has 42 heavy (non-hydrogen) atoms. The van der Waals surface area contributed by atoms with E-state index in [9.17, 15) is 9.59 Å². The first-order valence-electron chi connectivity index (χ1n) is 16.5. The molecule has 2 aliphatic rings. The molecule has 0 bridgehead atoms. The minimum absolute atomic E-state index is 0.192. The Balaban J connectivity index is 0.000000230. The average Bonchev–Trinajstić information content (AvgIpc) is 2.98. The lowest BCUT2D eigenvalue weighted by Crippen LogP contribution is -2.40. The van der Waals surface area contributed by atoms with Crippen molar-refractivity contribution in [1.29, 1.82) is 0 Å². The molecular formula is C36H56N4O2. The third kappa shape index (κ3) is 10.8. The lowest BCUT2D eigenvalue weighted by Gasteiger charge is -2.36. The van der Waals surface area contributed by atoms with E-state index in [2.05, 4.69) is 62.1 Å². The SMILES string of the molecule is CC(C)[C@@H]1CC[C@@H](C)C[C@H]1C(=O)NCCc1ccccn1.CC1CCC(C(C)C)C(C(=O)NCCc2ccccn2)C1. The van der Waals surface area contributed by atoms with E-state index in [1.807, 2.05) is 36.4 Å². The van der Waals surface area contributed by atoms with Crippen LogP contribution in [0.25, 0.3) is 0 Å². The van der Waals surface area contributed by atoms with Crippen molar-refractivity contribution in [1.82, 2.24) is 20.6 Å². The minimum atomic E-state index is 0.192. The average molecular weight is 577 g/mol. The van der Waals surface area contributed by atoms with Crippen molar-refractivity contribution in [3.63, 3.8) is 0 Å². The Bertz CT molecular complexity index is 973. The Morgan fingerprint density at radius 3 is 1.43 bits per heavy atom. The van der Waals surface area contributed by atoms with Crippen LogP contribution in [0.3, 0.4) is 0 Å².